The van der Waals surface area contributed by atoms with Gasteiger partial charge in [0.25, 0.3) is 0 Å². The molecule has 1 aliphatic heterocycles. The molecule has 0 aromatic carbocycles. The first-order chi connectivity index (χ1) is 7.74. The molecule has 3 heteroatoms. The molecule has 3 nitrogen and oxygen atoms in total. The van der Waals surface area contributed by atoms with Gasteiger partial charge in [0.2, 0.25) is 5.91 Å². The van der Waals surface area contributed by atoms with Crippen LogP contribution >= 0.6 is 0 Å². The molecular weight excluding hydrogens is 212 g/mol. The van der Waals surface area contributed by atoms with E-state index in [1.54, 1.807) is 0 Å². The third kappa shape index (κ3) is 3.70. The third-order valence-electron chi connectivity index (χ3n) is 4.30. The first-order valence-electron chi connectivity index (χ1n) is 6.77. The molecule has 1 saturated heterocycles. The van der Waals surface area contributed by atoms with Gasteiger partial charge in [-0.1, -0.05) is 34.6 Å². The van der Waals surface area contributed by atoms with Crippen LogP contribution in [0.3, 0.4) is 0 Å². The van der Waals surface area contributed by atoms with Crippen molar-refractivity contribution in [3.63, 3.8) is 0 Å². The molecule has 1 amide bonds. The molecule has 2 unspecified atom stereocenters. The quantitative estimate of drug-likeness (QED) is 0.822. The minimum absolute atomic E-state index is 0.0506. The Hall–Kier alpha value is -0.570. The van der Waals surface area contributed by atoms with Gasteiger partial charge in [0.15, 0.2) is 0 Å². The van der Waals surface area contributed by atoms with E-state index in [0.717, 1.165) is 19.5 Å². The van der Waals surface area contributed by atoms with Crippen molar-refractivity contribution in [3.8, 4) is 0 Å². The molecular formula is C14H28N2O. The number of amides is 1. The van der Waals surface area contributed by atoms with E-state index in [1.807, 2.05) is 4.90 Å². The van der Waals surface area contributed by atoms with E-state index in [9.17, 15) is 4.79 Å². The Morgan fingerprint density at radius 1 is 1.41 bits per heavy atom. The molecule has 1 heterocycles. The fraction of sp³-hybridized carbons (Fsp3) is 0.929. The van der Waals surface area contributed by atoms with Crippen LogP contribution in [0.15, 0.2) is 0 Å². The van der Waals surface area contributed by atoms with Crippen LogP contribution in [0.4, 0.5) is 0 Å². The second kappa shape index (κ2) is 5.38. The molecule has 2 N–H and O–H groups in total. The Morgan fingerprint density at radius 2 is 2.00 bits per heavy atom. The Morgan fingerprint density at radius 3 is 2.47 bits per heavy atom. The van der Waals surface area contributed by atoms with E-state index in [-0.39, 0.29) is 11.5 Å². The number of nitrogens with zero attached hydrogens (tertiary/aromatic N) is 1. The zero-order valence-corrected chi connectivity index (χ0v) is 12.0. The number of piperidine rings is 1. The van der Waals surface area contributed by atoms with E-state index in [0.29, 0.717) is 24.2 Å². The number of carbonyl (C=O) groups is 1. The first-order valence-corrected chi connectivity index (χ1v) is 6.77. The van der Waals surface area contributed by atoms with Gasteiger partial charge in [0, 0.05) is 25.6 Å². The number of carbonyl (C=O) groups excluding carboxylic acids is 1. The van der Waals surface area contributed by atoms with E-state index >= 15 is 0 Å². The Kier molecular flexibility index (Phi) is 4.59. The van der Waals surface area contributed by atoms with Gasteiger partial charge in [0.1, 0.15) is 0 Å². The topological polar surface area (TPSA) is 46.3 Å². The number of hydrogen-bond acceptors (Lipinski definition) is 2. The van der Waals surface area contributed by atoms with Gasteiger partial charge in [-0.15, -0.1) is 0 Å². The van der Waals surface area contributed by atoms with Crippen LogP contribution < -0.4 is 5.73 Å². The molecule has 17 heavy (non-hydrogen) atoms. The fourth-order valence-electron chi connectivity index (χ4n) is 2.23. The van der Waals surface area contributed by atoms with Crippen molar-refractivity contribution in [3.05, 3.63) is 0 Å². The summed E-state index contributed by atoms with van der Waals surface area (Å²) >= 11 is 0. The molecule has 100 valence electrons. The number of likely N-dealkylation sites (tertiary alicyclic amines) is 1. The molecule has 1 fully saturated rings. The van der Waals surface area contributed by atoms with Gasteiger partial charge in [-0.3, -0.25) is 4.79 Å². The maximum absolute atomic E-state index is 12.2. The largest absolute Gasteiger partial charge is 0.342 e. The standard InChI is InChI=1S/C14H28N2O/c1-10(2)11(3)8-13(17)16-7-6-12(15)14(4,5)9-16/h10-12H,6-9,15H2,1-5H3. The minimum Gasteiger partial charge on any atom is -0.342 e. The molecule has 2 atom stereocenters. The average molecular weight is 240 g/mol. The summed E-state index contributed by atoms with van der Waals surface area (Å²) < 4.78 is 0. The summed E-state index contributed by atoms with van der Waals surface area (Å²) in [7, 11) is 0. The minimum atomic E-state index is 0.0506. The highest BCUT2D eigenvalue weighted by Crippen LogP contribution is 2.28. The molecule has 0 aromatic heterocycles. The van der Waals surface area contributed by atoms with Crippen LogP contribution in [-0.4, -0.2) is 29.9 Å². The lowest BCUT2D eigenvalue weighted by molar-refractivity contribution is -0.135. The van der Waals surface area contributed by atoms with E-state index in [4.69, 9.17) is 5.73 Å². The molecule has 0 aromatic rings. The van der Waals surface area contributed by atoms with Crippen molar-refractivity contribution < 1.29 is 4.79 Å². The van der Waals surface area contributed by atoms with Crippen LogP contribution in [0.5, 0.6) is 0 Å². The van der Waals surface area contributed by atoms with Crippen LogP contribution in [0.2, 0.25) is 0 Å². The maximum Gasteiger partial charge on any atom is 0.222 e. The molecule has 1 rings (SSSR count). The first kappa shape index (κ1) is 14.5. The number of hydrogen-bond donors (Lipinski definition) is 1. The van der Waals surface area contributed by atoms with Gasteiger partial charge in [0.05, 0.1) is 0 Å². The summed E-state index contributed by atoms with van der Waals surface area (Å²) in [5.41, 5.74) is 6.14. The molecule has 1 aliphatic rings. The Bertz CT molecular complexity index is 273. The van der Waals surface area contributed by atoms with E-state index in [2.05, 4.69) is 34.6 Å². The van der Waals surface area contributed by atoms with Crippen molar-refractivity contribution in [2.75, 3.05) is 13.1 Å². The van der Waals surface area contributed by atoms with Crippen LogP contribution in [0, 0.1) is 17.3 Å². The fourth-order valence-corrected chi connectivity index (χ4v) is 2.23. The zero-order valence-electron chi connectivity index (χ0n) is 12.0. The summed E-state index contributed by atoms with van der Waals surface area (Å²) in [5, 5.41) is 0. The summed E-state index contributed by atoms with van der Waals surface area (Å²) in [6.45, 7) is 12.4. The predicted octanol–water partition coefficient (Wildman–Crippen LogP) is 2.25. The number of nitrogens with two attached hydrogens (primary N) is 1. The van der Waals surface area contributed by atoms with Crippen molar-refractivity contribution in [1.29, 1.82) is 0 Å². The highest BCUT2D eigenvalue weighted by atomic mass is 16.2. The SMILES string of the molecule is CC(C)C(C)CC(=O)N1CCC(N)C(C)(C)C1. The normalized spacial score (nSPS) is 26.1. The summed E-state index contributed by atoms with van der Waals surface area (Å²) in [5.74, 6) is 1.33. The van der Waals surface area contributed by atoms with Crippen molar-refractivity contribution >= 4 is 5.91 Å². The zero-order chi connectivity index (χ0) is 13.2. The van der Waals surface area contributed by atoms with Crippen molar-refractivity contribution in [2.24, 2.45) is 23.0 Å². The van der Waals surface area contributed by atoms with Gasteiger partial charge >= 0.3 is 0 Å². The molecule has 0 radical (unpaired) electrons. The van der Waals surface area contributed by atoms with Gasteiger partial charge in [-0.05, 0) is 23.7 Å². The highest BCUT2D eigenvalue weighted by molar-refractivity contribution is 5.76. The molecule has 0 saturated carbocycles. The van der Waals surface area contributed by atoms with Crippen LogP contribution in [0.25, 0.3) is 0 Å². The number of rotatable bonds is 3. The van der Waals surface area contributed by atoms with Crippen molar-refractivity contribution in [1.82, 2.24) is 4.90 Å². The van der Waals surface area contributed by atoms with Crippen molar-refractivity contribution in [2.45, 2.75) is 53.5 Å². The summed E-state index contributed by atoms with van der Waals surface area (Å²) in [4.78, 5) is 14.2. The van der Waals surface area contributed by atoms with Gasteiger partial charge in [-0.2, -0.15) is 0 Å². The smallest absolute Gasteiger partial charge is 0.222 e. The monoisotopic (exact) mass is 240 g/mol. The van der Waals surface area contributed by atoms with Gasteiger partial charge < -0.3 is 10.6 Å². The Balaban J connectivity index is 2.54. The highest BCUT2D eigenvalue weighted by Gasteiger charge is 2.35. The van der Waals surface area contributed by atoms with Gasteiger partial charge in [-0.25, -0.2) is 0 Å². The third-order valence-corrected chi connectivity index (χ3v) is 4.30. The Labute approximate surface area is 106 Å². The average Bonchev–Trinajstić information content (AvgIpc) is 2.21. The summed E-state index contributed by atoms with van der Waals surface area (Å²) in [6, 6.07) is 0.217. The molecule has 0 spiro atoms. The lowest BCUT2D eigenvalue weighted by atomic mass is 9.79. The lowest BCUT2D eigenvalue weighted by Gasteiger charge is -2.43. The predicted molar refractivity (Wildman–Crippen MR) is 71.6 cm³/mol. The van der Waals surface area contributed by atoms with E-state index < -0.39 is 0 Å². The lowest BCUT2D eigenvalue weighted by Crippen LogP contribution is -2.54. The maximum atomic E-state index is 12.2. The molecule has 0 aliphatic carbocycles. The second-order valence-corrected chi connectivity index (χ2v) is 6.62. The van der Waals surface area contributed by atoms with Crippen LogP contribution in [-0.2, 0) is 4.79 Å². The van der Waals surface area contributed by atoms with Crippen LogP contribution in [0.1, 0.15) is 47.5 Å². The molecule has 0 bridgehead atoms. The van der Waals surface area contributed by atoms with E-state index in [1.165, 1.54) is 0 Å². The summed E-state index contributed by atoms with van der Waals surface area (Å²) in [6.07, 6.45) is 1.60. The second-order valence-electron chi connectivity index (χ2n) is 6.62.